The fraction of sp³-hybridized carbons (Fsp3) is 0. The number of nitrogens with one attached hydrogen (secondary N) is 2. The first kappa shape index (κ1) is 20.0. The number of anilines is 1. The molecular weight excluding hydrogens is 458 g/mol. The molecule has 12 heteroatoms. The number of benzene rings is 1. The van der Waals surface area contributed by atoms with Gasteiger partial charge in [-0.3, -0.25) is 4.79 Å². The van der Waals surface area contributed by atoms with Crippen LogP contribution in [0.1, 0.15) is 10.4 Å². The summed E-state index contributed by atoms with van der Waals surface area (Å²) in [6.07, 6.45) is 7.36. The van der Waals surface area contributed by atoms with Crippen LogP contribution in [0.3, 0.4) is 0 Å². The summed E-state index contributed by atoms with van der Waals surface area (Å²) in [7, 11) is 0. The number of hydrogen-bond donors (Lipinski definition) is 2. The zero-order chi connectivity index (χ0) is 22.2. The van der Waals surface area contributed by atoms with Crippen LogP contribution in [0.4, 0.5) is 10.1 Å². The standard InChI is InChI=1S/C20H11Cl2FN8O/c21-14-6-13(16(23)7-12(14)11-1-2-24-18-17(11)26-9-27-18)20(32)30-10-5-15(22)19(25-8-10)31-28-3-4-29-31/h1-9H,(H,30,32)(H,24,26,27). The van der Waals surface area contributed by atoms with E-state index in [9.17, 15) is 9.18 Å². The third-order valence-electron chi connectivity index (χ3n) is 4.61. The Morgan fingerprint density at radius 3 is 2.59 bits per heavy atom. The van der Waals surface area contributed by atoms with Gasteiger partial charge in [0.2, 0.25) is 0 Å². The van der Waals surface area contributed by atoms with Crippen LogP contribution in [0.25, 0.3) is 28.1 Å². The number of hydrogen-bond acceptors (Lipinski definition) is 6. The average Bonchev–Trinajstić information content (AvgIpc) is 3.47. The van der Waals surface area contributed by atoms with E-state index in [2.05, 4.69) is 35.5 Å². The van der Waals surface area contributed by atoms with Crippen LogP contribution in [0.2, 0.25) is 10.0 Å². The monoisotopic (exact) mass is 468 g/mol. The van der Waals surface area contributed by atoms with Gasteiger partial charge < -0.3 is 10.3 Å². The lowest BCUT2D eigenvalue weighted by Crippen LogP contribution is -2.14. The van der Waals surface area contributed by atoms with E-state index < -0.39 is 11.7 Å². The Morgan fingerprint density at radius 2 is 1.81 bits per heavy atom. The molecule has 0 bridgehead atoms. The Balaban J connectivity index is 1.44. The highest BCUT2D eigenvalue weighted by Gasteiger charge is 2.19. The van der Waals surface area contributed by atoms with Gasteiger partial charge in [0.25, 0.3) is 5.91 Å². The maximum absolute atomic E-state index is 14.9. The Bertz CT molecular complexity index is 1470. The van der Waals surface area contributed by atoms with E-state index in [-0.39, 0.29) is 27.1 Å². The first-order chi connectivity index (χ1) is 15.5. The molecule has 0 spiro atoms. The van der Waals surface area contributed by atoms with Crippen molar-refractivity contribution in [2.24, 2.45) is 0 Å². The number of pyridine rings is 2. The Morgan fingerprint density at radius 1 is 1.00 bits per heavy atom. The van der Waals surface area contributed by atoms with E-state index in [4.69, 9.17) is 23.2 Å². The molecule has 0 fully saturated rings. The second kappa shape index (κ2) is 7.98. The average molecular weight is 469 g/mol. The van der Waals surface area contributed by atoms with Crippen molar-refractivity contribution in [3.8, 4) is 16.9 Å². The molecule has 158 valence electrons. The number of fused-ring (bicyclic) bond motifs is 1. The summed E-state index contributed by atoms with van der Waals surface area (Å²) < 4.78 is 14.9. The van der Waals surface area contributed by atoms with Crippen LogP contribution < -0.4 is 5.32 Å². The van der Waals surface area contributed by atoms with Crippen LogP contribution in [0.15, 0.2) is 55.4 Å². The predicted octanol–water partition coefficient (Wildman–Crippen LogP) is 4.30. The van der Waals surface area contributed by atoms with E-state index in [0.717, 1.165) is 0 Å². The van der Waals surface area contributed by atoms with Gasteiger partial charge in [0.05, 0.1) is 46.7 Å². The molecule has 1 amide bonds. The van der Waals surface area contributed by atoms with Crippen LogP contribution in [-0.2, 0) is 0 Å². The van der Waals surface area contributed by atoms with Gasteiger partial charge >= 0.3 is 0 Å². The van der Waals surface area contributed by atoms with E-state index in [1.54, 1.807) is 12.3 Å². The molecule has 0 radical (unpaired) electrons. The van der Waals surface area contributed by atoms with Crippen molar-refractivity contribution in [1.29, 1.82) is 0 Å². The molecule has 5 rings (SSSR count). The van der Waals surface area contributed by atoms with E-state index in [0.29, 0.717) is 22.3 Å². The normalized spacial score (nSPS) is 11.1. The maximum atomic E-state index is 14.9. The first-order valence-corrected chi connectivity index (χ1v) is 9.88. The molecule has 1 aromatic carbocycles. The van der Waals surface area contributed by atoms with Gasteiger partial charge in [-0.2, -0.15) is 10.2 Å². The molecule has 0 unspecified atom stereocenters. The summed E-state index contributed by atoms with van der Waals surface area (Å²) in [5, 5.41) is 10.9. The number of rotatable bonds is 4. The van der Waals surface area contributed by atoms with Crippen molar-refractivity contribution >= 4 is 46.0 Å². The van der Waals surface area contributed by atoms with Crippen LogP contribution >= 0.6 is 23.2 Å². The summed E-state index contributed by atoms with van der Waals surface area (Å²) in [4.78, 5) is 29.3. The number of amides is 1. The van der Waals surface area contributed by atoms with Crippen molar-refractivity contribution < 1.29 is 9.18 Å². The molecule has 0 aliphatic heterocycles. The second-order valence-electron chi connectivity index (χ2n) is 6.57. The molecule has 0 aliphatic carbocycles. The highest BCUT2D eigenvalue weighted by atomic mass is 35.5. The number of aromatic nitrogens is 7. The number of aromatic amines is 1. The summed E-state index contributed by atoms with van der Waals surface area (Å²) >= 11 is 12.6. The number of carbonyl (C=O) groups is 1. The molecule has 0 atom stereocenters. The van der Waals surface area contributed by atoms with Crippen LogP contribution in [0.5, 0.6) is 0 Å². The zero-order valence-electron chi connectivity index (χ0n) is 15.9. The third kappa shape index (κ3) is 3.55. The van der Waals surface area contributed by atoms with Crippen molar-refractivity contribution in [2.45, 2.75) is 0 Å². The van der Waals surface area contributed by atoms with E-state index >= 15 is 0 Å². The fourth-order valence-corrected chi connectivity index (χ4v) is 3.68. The van der Waals surface area contributed by atoms with Gasteiger partial charge in [-0.15, -0.1) is 4.80 Å². The van der Waals surface area contributed by atoms with Crippen molar-refractivity contribution in [3.05, 3.63) is 76.8 Å². The first-order valence-electron chi connectivity index (χ1n) is 9.12. The number of carbonyl (C=O) groups excluding carboxylic acids is 1. The van der Waals surface area contributed by atoms with Crippen LogP contribution in [-0.4, -0.2) is 40.8 Å². The lowest BCUT2D eigenvalue weighted by Gasteiger charge is -2.11. The number of imidazole rings is 1. The van der Waals surface area contributed by atoms with Crippen molar-refractivity contribution in [1.82, 2.24) is 34.9 Å². The van der Waals surface area contributed by atoms with Crippen molar-refractivity contribution in [3.63, 3.8) is 0 Å². The summed E-state index contributed by atoms with van der Waals surface area (Å²) in [6, 6.07) is 5.61. The highest BCUT2D eigenvalue weighted by molar-refractivity contribution is 6.34. The molecule has 9 nitrogen and oxygen atoms in total. The number of nitrogens with zero attached hydrogens (tertiary/aromatic N) is 6. The largest absolute Gasteiger partial charge is 0.343 e. The Kier molecular flexibility index (Phi) is 5.00. The van der Waals surface area contributed by atoms with Crippen molar-refractivity contribution in [2.75, 3.05) is 5.32 Å². The molecule has 0 aliphatic rings. The topological polar surface area (TPSA) is 114 Å². The highest BCUT2D eigenvalue weighted by Crippen LogP contribution is 2.34. The van der Waals surface area contributed by atoms with Crippen LogP contribution in [0, 0.1) is 5.82 Å². The van der Waals surface area contributed by atoms with Gasteiger partial charge in [-0.05, 0) is 24.3 Å². The van der Waals surface area contributed by atoms with E-state index in [1.165, 1.54) is 47.9 Å². The molecule has 5 aromatic rings. The minimum Gasteiger partial charge on any atom is -0.343 e. The summed E-state index contributed by atoms with van der Waals surface area (Å²) in [6.45, 7) is 0. The smallest absolute Gasteiger partial charge is 0.258 e. The Hall–Kier alpha value is -3.89. The van der Waals surface area contributed by atoms with Gasteiger partial charge in [-0.1, -0.05) is 23.2 Å². The van der Waals surface area contributed by atoms with Gasteiger partial charge in [0, 0.05) is 22.3 Å². The lowest BCUT2D eigenvalue weighted by molar-refractivity contribution is 0.102. The third-order valence-corrected chi connectivity index (χ3v) is 5.20. The molecule has 4 heterocycles. The van der Waals surface area contributed by atoms with E-state index in [1.807, 2.05) is 0 Å². The van der Waals surface area contributed by atoms with Gasteiger partial charge in [0.15, 0.2) is 11.5 Å². The fourth-order valence-electron chi connectivity index (χ4n) is 3.17. The quantitative estimate of drug-likeness (QED) is 0.406. The molecule has 2 N–H and O–H groups in total. The summed E-state index contributed by atoms with van der Waals surface area (Å²) in [5.41, 5.74) is 2.13. The minimum absolute atomic E-state index is 0.190. The minimum atomic E-state index is -0.747. The Labute approximate surface area is 189 Å². The summed E-state index contributed by atoms with van der Waals surface area (Å²) in [5.74, 6) is -1.17. The van der Waals surface area contributed by atoms with Gasteiger partial charge in [-0.25, -0.2) is 19.3 Å². The second-order valence-corrected chi connectivity index (χ2v) is 7.39. The molecule has 0 saturated heterocycles. The molecular formula is C20H11Cl2FN8O. The predicted molar refractivity (Wildman–Crippen MR) is 116 cm³/mol. The molecule has 4 aromatic heterocycles. The molecule has 0 saturated carbocycles. The zero-order valence-corrected chi connectivity index (χ0v) is 17.4. The maximum Gasteiger partial charge on any atom is 0.258 e. The number of halogens is 3. The number of H-pyrrole nitrogens is 1. The van der Waals surface area contributed by atoms with Gasteiger partial charge in [0.1, 0.15) is 5.82 Å². The SMILES string of the molecule is O=C(Nc1cnc(-n2nccn2)c(Cl)c1)c1cc(Cl)c(-c2ccnc3nc[nH]c23)cc1F. The molecule has 32 heavy (non-hydrogen) atoms. The lowest BCUT2D eigenvalue weighted by atomic mass is 10.0.